The lowest BCUT2D eigenvalue weighted by atomic mass is 10.0. The van der Waals surface area contributed by atoms with E-state index < -0.39 is 0 Å². The zero-order valence-electron chi connectivity index (χ0n) is 16.1. The first kappa shape index (κ1) is 18.4. The number of nitrogens with one attached hydrogen (secondary N) is 1. The van der Waals surface area contributed by atoms with Crippen LogP contribution in [0.15, 0.2) is 36.5 Å². The van der Waals surface area contributed by atoms with Crippen molar-refractivity contribution in [2.75, 3.05) is 39.3 Å². The van der Waals surface area contributed by atoms with Gasteiger partial charge in [-0.1, -0.05) is 30.7 Å². The maximum absolute atomic E-state index is 13.5. The van der Waals surface area contributed by atoms with Crippen molar-refractivity contribution in [2.24, 2.45) is 0 Å². The van der Waals surface area contributed by atoms with Crippen LogP contribution < -0.4 is 5.32 Å². The number of likely N-dealkylation sites (tertiary alicyclic amines) is 1. The second kappa shape index (κ2) is 8.81. The van der Waals surface area contributed by atoms with Gasteiger partial charge in [-0.05, 0) is 56.8 Å². The van der Waals surface area contributed by atoms with Crippen LogP contribution in [0.1, 0.15) is 42.6 Å². The molecule has 2 aromatic rings. The minimum Gasteiger partial charge on any atom is -0.332 e. The Morgan fingerprint density at radius 1 is 1.15 bits per heavy atom. The summed E-state index contributed by atoms with van der Waals surface area (Å²) in [6, 6.07) is 10.3. The molecule has 2 aliphatic rings. The topological polar surface area (TPSA) is 48.5 Å². The number of piperidine rings is 2. The van der Waals surface area contributed by atoms with Crippen LogP contribution in [-0.2, 0) is 0 Å². The van der Waals surface area contributed by atoms with Crippen LogP contribution in [0.3, 0.4) is 0 Å². The standard InChI is InChI=1S/C22H30N4O/c27-22(21-20-9-3-2-7-18(20)10-12-24-21)26(19-8-6-11-23-17-19)16-15-25-13-4-1-5-14-25/h2-3,7,9-10,12,19,23H,1,4-6,8,11,13-17H2. The monoisotopic (exact) mass is 366 g/mol. The van der Waals surface area contributed by atoms with Crippen molar-refractivity contribution < 1.29 is 4.79 Å². The van der Waals surface area contributed by atoms with E-state index in [1.165, 1.54) is 19.3 Å². The number of hydrogen-bond acceptors (Lipinski definition) is 4. The van der Waals surface area contributed by atoms with Crippen molar-refractivity contribution in [3.05, 3.63) is 42.2 Å². The molecule has 5 nitrogen and oxygen atoms in total. The number of aromatic nitrogens is 1. The highest BCUT2D eigenvalue weighted by Crippen LogP contribution is 2.21. The Labute approximate surface area is 161 Å². The van der Waals surface area contributed by atoms with E-state index in [0.29, 0.717) is 5.69 Å². The molecule has 1 atom stereocenters. The molecule has 1 unspecified atom stereocenters. The van der Waals surface area contributed by atoms with E-state index in [0.717, 1.165) is 62.9 Å². The van der Waals surface area contributed by atoms with E-state index in [2.05, 4.69) is 20.1 Å². The molecule has 3 heterocycles. The number of fused-ring (bicyclic) bond motifs is 1. The number of benzene rings is 1. The lowest BCUT2D eigenvalue weighted by Crippen LogP contribution is -2.51. The third-order valence-corrected chi connectivity index (χ3v) is 5.95. The van der Waals surface area contributed by atoms with E-state index >= 15 is 0 Å². The van der Waals surface area contributed by atoms with Gasteiger partial charge in [-0.15, -0.1) is 0 Å². The number of carbonyl (C=O) groups excluding carboxylic acids is 1. The molecule has 2 aliphatic heterocycles. The Hall–Kier alpha value is -1.98. The molecular weight excluding hydrogens is 336 g/mol. The van der Waals surface area contributed by atoms with Gasteiger partial charge >= 0.3 is 0 Å². The Kier molecular flexibility index (Phi) is 6.00. The highest BCUT2D eigenvalue weighted by atomic mass is 16.2. The van der Waals surface area contributed by atoms with E-state index in [4.69, 9.17) is 0 Å². The molecule has 27 heavy (non-hydrogen) atoms. The summed E-state index contributed by atoms with van der Waals surface area (Å²) in [5.74, 6) is 0.0810. The zero-order chi connectivity index (χ0) is 18.5. The largest absolute Gasteiger partial charge is 0.332 e. The van der Waals surface area contributed by atoms with E-state index in [1.807, 2.05) is 30.3 Å². The van der Waals surface area contributed by atoms with Crippen LogP contribution >= 0.6 is 0 Å². The van der Waals surface area contributed by atoms with Gasteiger partial charge in [0.15, 0.2) is 0 Å². The summed E-state index contributed by atoms with van der Waals surface area (Å²) in [7, 11) is 0. The molecule has 2 fully saturated rings. The van der Waals surface area contributed by atoms with Crippen LogP contribution in [-0.4, -0.2) is 66.0 Å². The van der Waals surface area contributed by atoms with Gasteiger partial charge in [-0.25, -0.2) is 0 Å². The Morgan fingerprint density at radius 2 is 2.00 bits per heavy atom. The number of carbonyl (C=O) groups is 1. The SMILES string of the molecule is O=C(c1nccc2ccccc12)N(CCN1CCCCC1)C1CCCNC1. The summed E-state index contributed by atoms with van der Waals surface area (Å²) < 4.78 is 0. The quantitative estimate of drug-likeness (QED) is 0.884. The van der Waals surface area contributed by atoms with Crippen LogP contribution in [0, 0.1) is 0 Å². The molecule has 1 N–H and O–H groups in total. The molecule has 1 aromatic heterocycles. The fourth-order valence-corrected chi connectivity index (χ4v) is 4.41. The minimum atomic E-state index is 0.0810. The molecule has 0 spiro atoms. The van der Waals surface area contributed by atoms with Crippen molar-refractivity contribution in [3.8, 4) is 0 Å². The minimum absolute atomic E-state index is 0.0810. The van der Waals surface area contributed by atoms with Gasteiger partial charge in [0.1, 0.15) is 5.69 Å². The highest BCUT2D eigenvalue weighted by Gasteiger charge is 2.28. The number of amides is 1. The lowest BCUT2D eigenvalue weighted by molar-refractivity contribution is 0.0609. The molecule has 4 rings (SSSR count). The number of rotatable bonds is 5. The smallest absolute Gasteiger partial charge is 0.273 e. The van der Waals surface area contributed by atoms with E-state index in [1.54, 1.807) is 6.20 Å². The highest BCUT2D eigenvalue weighted by molar-refractivity contribution is 6.05. The van der Waals surface area contributed by atoms with Crippen LogP contribution in [0.25, 0.3) is 10.8 Å². The van der Waals surface area contributed by atoms with Gasteiger partial charge in [-0.3, -0.25) is 9.78 Å². The van der Waals surface area contributed by atoms with Gasteiger partial charge in [-0.2, -0.15) is 0 Å². The van der Waals surface area contributed by atoms with Crippen molar-refractivity contribution in [3.63, 3.8) is 0 Å². The number of nitrogens with zero attached hydrogens (tertiary/aromatic N) is 3. The van der Waals surface area contributed by atoms with Crippen molar-refractivity contribution in [2.45, 2.75) is 38.1 Å². The number of hydrogen-bond donors (Lipinski definition) is 1. The van der Waals surface area contributed by atoms with Gasteiger partial charge < -0.3 is 15.1 Å². The summed E-state index contributed by atoms with van der Waals surface area (Å²) >= 11 is 0. The lowest BCUT2D eigenvalue weighted by Gasteiger charge is -2.37. The average molecular weight is 367 g/mol. The van der Waals surface area contributed by atoms with Gasteiger partial charge in [0.25, 0.3) is 5.91 Å². The normalized spacial score (nSPS) is 21.3. The predicted octanol–water partition coefficient (Wildman–Crippen LogP) is 2.91. The predicted molar refractivity (Wildman–Crippen MR) is 109 cm³/mol. The summed E-state index contributed by atoms with van der Waals surface area (Å²) in [5.41, 5.74) is 0.595. The van der Waals surface area contributed by atoms with Gasteiger partial charge in [0.2, 0.25) is 0 Å². The number of pyridine rings is 1. The summed E-state index contributed by atoms with van der Waals surface area (Å²) in [5, 5.41) is 5.50. The molecule has 0 saturated carbocycles. The molecule has 0 bridgehead atoms. The first-order valence-electron chi connectivity index (χ1n) is 10.4. The Bertz CT molecular complexity index is 761. The molecular formula is C22H30N4O. The molecule has 1 aromatic carbocycles. The average Bonchev–Trinajstić information content (AvgIpc) is 2.75. The third kappa shape index (κ3) is 4.30. The summed E-state index contributed by atoms with van der Waals surface area (Å²) in [6.45, 7) is 6.02. The molecule has 1 amide bonds. The molecule has 144 valence electrons. The van der Waals surface area contributed by atoms with Crippen LogP contribution in [0.4, 0.5) is 0 Å². The van der Waals surface area contributed by atoms with E-state index in [9.17, 15) is 4.79 Å². The van der Waals surface area contributed by atoms with Crippen molar-refractivity contribution in [1.29, 1.82) is 0 Å². The van der Waals surface area contributed by atoms with Crippen molar-refractivity contribution in [1.82, 2.24) is 20.1 Å². The summed E-state index contributed by atoms with van der Waals surface area (Å²) in [4.78, 5) is 22.6. The maximum atomic E-state index is 13.5. The molecule has 2 saturated heterocycles. The third-order valence-electron chi connectivity index (χ3n) is 5.95. The molecule has 0 aliphatic carbocycles. The van der Waals surface area contributed by atoms with Crippen LogP contribution in [0.2, 0.25) is 0 Å². The van der Waals surface area contributed by atoms with Gasteiger partial charge in [0.05, 0.1) is 0 Å². The second-order valence-corrected chi connectivity index (χ2v) is 7.78. The first-order chi connectivity index (χ1) is 13.3. The molecule has 5 heteroatoms. The summed E-state index contributed by atoms with van der Waals surface area (Å²) in [6.07, 6.45) is 7.86. The Balaban J connectivity index is 1.57. The fraction of sp³-hybridized carbons (Fsp3) is 0.545. The van der Waals surface area contributed by atoms with Gasteiger partial charge in [0, 0.05) is 37.3 Å². The van der Waals surface area contributed by atoms with Crippen LogP contribution in [0.5, 0.6) is 0 Å². The molecule has 0 radical (unpaired) electrons. The second-order valence-electron chi connectivity index (χ2n) is 7.78. The fourth-order valence-electron chi connectivity index (χ4n) is 4.41. The zero-order valence-corrected chi connectivity index (χ0v) is 16.1. The Morgan fingerprint density at radius 3 is 2.81 bits per heavy atom. The van der Waals surface area contributed by atoms with Crippen molar-refractivity contribution >= 4 is 16.7 Å². The van der Waals surface area contributed by atoms with E-state index in [-0.39, 0.29) is 11.9 Å². The maximum Gasteiger partial charge on any atom is 0.273 e. The first-order valence-corrected chi connectivity index (χ1v) is 10.4.